The zero-order valence-corrected chi connectivity index (χ0v) is 37.3. The molecular weight excluding hydrogens is 767 g/mol. The van der Waals surface area contributed by atoms with E-state index in [1.807, 2.05) is 74.5 Å². The highest BCUT2D eigenvalue weighted by Gasteiger charge is 2.25. The Kier molecular flexibility index (Phi) is 8.30. The Hall–Kier alpha value is -7.04. The van der Waals surface area contributed by atoms with Crippen molar-refractivity contribution in [3.63, 3.8) is 0 Å². The number of aryl methyl sites for hydroxylation is 3. The maximum atomic E-state index is 12.0. The molecule has 2 aromatic heterocycles. The van der Waals surface area contributed by atoms with E-state index in [-0.39, 0.29) is 34.0 Å². The van der Waals surface area contributed by atoms with Crippen LogP contribution in [0.4, 0.5) is 0 Å². The van der Waals surface area contributed by atoms with Crippen LogP contribution in [0.5, 0.6) is 5.75 Å². The van der Waals surface area contributed by atoms with Crippen molar-refractivity contribution in [2.75, 3.05) is 0 Å². The summed E-state index contributed by atoms with van der Waals surface area (Å²) < 4.78 is 71.8. The Morgan fingerprint density at radius 1 is 0.540 bits per heavy atom. The number of fused-ring (bicyclic) bond motifs is 1. The van der Waals surface area contributed by atoms with Crippen molar-refractivity contribution >= 4 is 11.0 Å². The van der Waals surface area contributed by atoms with Gasteiger partial charge in [-0.15, -0.1) is 0 Å². The monoisotopic (exact) mass is 829 g/mol. The summed E-state index contributed by atoms with van der Waals surface area (Å²) in [6.07, 6.45) is -0.503. The van der Waals surface area contributed by atoms with Crippen molar-refractivity contribution in [3.8, 4) is 78.6 Å². The van der Waals surface area contributed by atoms with Crippen LogP contribution in [-0.4, -0.2) is 19.6 Å². The minimum Gasteiger partial charge on any atom is -0.507 e. The van der Waals surface area contributed by atoms with Gasteiger partial charge in [0.25, 0.3) is 0 Å². The molecule has 0 bridgehead atoms. The molecule has 4 heteroatoms. The summed E-state index contributed by atoms with van der Waals surface area (Å²) in [6.45, 7) is 18.8. The molecule has 4 nitrogen and oxygen atoms in total. The normalized spacial score (nSPS) is 13.7. The van der Waals surface area contributed by atoms with E-state index in [1.54, 1.807) is 0 Å². The lowest BCUT2D eigenvalue weighted by Crippen LogP contribution is -2.11. The second-order valence-corrected chi connectivity index (χ2v) is 18.5. The van der Waals surface area contributed by atoms with Crippen LogP contribution in [-0.2, 0) is 10.8 Å². The number of hydrogen-bond donors (Lipinski definition) is 1. The summed E-state index contributed by atoms with van der Waals surface area (Å²) >= 11 is 0. The summed E-state index contributed by atoms with van der Waals surface area (Å²) in [5.41, 5.74) is 12.6. The van der Waals surface area contributed by atoms with Crippen molar-refractivity contribution in [1.29, 1.82) is 0 Å². The Balaban J connectivity index is 1.36. The van der Waals surface area contributed by atoms with Crippen LogP contribution in [0.25, 0.3) is 83.9 Å². The van der Waals surface area contributed by atoms with Gasteiger partial charge in [-0.3, -0.25) is 9.55 Å². The third-order valence-corrected chi connectivity index (χ3v) is 11.8. The van der Waals surface area contributed by atoms with E-state index < -0.39 is 47.8 Å². The van der Waals surface area contributed by atoms with Crippen LogP contribution in [0.2, 0.25) is 0 Å². The highest BCUT2D eigenvalue weighted by Crippen LogP contribution is 2.44. The van der Waals surface area contributed by atoms with Crippen molar-refractivity contribution in [1.82, 2.24) is 14.5 Å². The van der Waals surface area contributed by atoms with E-state index in [1.165, 1.54) is 5.56 Å². The van der Waals surface area contributed by atoms with Gasteiger partial charge in [-0.05, 0) is 141 Å². The summed E-state index contributed by atoms with van der Waals surface area (Å²) in [4.78, 5) is 9.99. The number of benzene rings is 7. The molecule has 0 radical (unpaired) electrons. The molecule has 1 N–H and O–H groups in total. The van der Waals surface area contributed by atoms with Gasteiger partial charge in [0, 0.05) is 22.9 Å². The Bertz CT molecular complexity index is 3600. The van der Waals surface area contributed by atoms with Gasteiger partial charge >= 0.3 is 0 Å². The van der Waals surface area contributed by atoms with Gasteiger partial charge in [-0.25, -0.2) is 4.98 Å². The number of pyridine rings is 1. The average Bonchev–Trinajstić information content (AvgIpc) is 3.72. The number of aromatic hydroxyl groups is 1. The number of nitrogens with zero attached hydrogens (tertiary/aromatic N) is 3. The quantitative estimate of drug-likeness (QED) is 0.174. The number of rotatable bonds is 7. The van der Waals surface area contributed by atoms with Gasteiger partial charge in [0.2, 0.25) is 0 Å². The molecule has 9 rings (SSSR count). The first-order valence-electron chi connectivity index (χ1n) is 25.3. The largest absolute Gasteiger partial charge is 0.507 e. The van der Waals surface area contributed by atoms with Gasteiger partial charge < -0.3 is 5.11 Å². The molecule has 0 saturated heterocycles. The highest BCUT2D eigenvalue weighted by atomic mass is 16.3. The second kappa shape index (κ2) is 16.0. The number of phenolic OH excluding ortho intramolecular Hbond substituents is 1. The first-order valence-corrected chi connectivity index (χ1v) is 21.3. The van der Waals surface area contributed by atoms with Crippen LogP contribution in [0, 0.1) is 20.8 Å². The van der Waals surface area contributed by atoms with Gasteiger partial charge in [0.1, 0.15) is 11.6 Å². The molecule has 0 aliphatic rings. The van der Waals surface area contributed by atoms with Crippen molar-refractivity contribution in [2.24, 2.45) is 0 Å². The predicted octanol–water partition coefficient (Wildman–Crippen LogP) is 15.6. The fraction of sp³-hybridized carbons (Fsp3) is 0.186. The lowest BCUT2D eigenvalue weighted by atomic mass is 9.83. The molecule has 63 heavy (non-hydrogen) atoms. The number of imidazole rings is 1. The topological polar surface area (TPSA) is 50.9 Å². The van der Waals surface area contributed by atoms with E-state index in [0.29, 0.717) is 28.0 Å². The molecular formula is C59H55N3O. The first-order chi connectivity index (χ1) is 33.5. The number of para-hydroxylation sites is 1. The van der Waals surface area contributed by atoms with E-state index in [2.05, 4.69) is 113 Å². The SMILES string of the molecule is [2H]c1nc(-c2cc(-c3cccc4c3nc(-c3cc(C)cc(C)c3O)n4-c3cc(C)c(-c4ccccc4)cc3-c3ccc(C(C)(C)C)cc3)cc(C(C)(C)C)c2)c([2H])c(-c2c([2H])c([2H])c([2H])c([2H])c2[2H])c1[2H]. The molecule has 312 valence electrons. The fourth-order valence-corrected chi connectivity index (χ4v) is 8.38. The van der Waals surface area contributed by atoms with Gasteiger partial charge in [-0.2, -0.15) is 0 Å². The summed E-state index contributed by atoms with van der Waals surface area (Å²) in [5.74, 6) is 0.652. The number of phenols is 1. The second-order valence-electron chi connectivity index (χ2n) is 18.5. The smallest absolute Gasteiger partial charge is 0.149 e. The van der Waals surface area contributed by atoms with Gasteiger partial charge in [0.05, 0.1) is 38.9 Å². The molecule has 0 aliphatic carbocycles. The third-order valence-electron chi connectivity index (χ3n) is 11.8. The van der Waals surface area contributed by atoms with Crippen molar-refractivity contribution < 1.29 is 16.1 Å². The van der Waals surface area contributed by atoms with E-state index in [0.717, 1.165) is 61.3 Å². The molecule has 2 heterocycles. The molecule has 0 atom stereocenters. The van der Waals surface area contributed by atoms with Crippen LogP contribution in [0.15, 0.2) is 164 Å². The molecule has 0 unspecified atom stereocenters. The van der Waals surface area contributed by atoms with Crippen molar-refractivity contribution in [2.45, 2.75) is 73.1 Å². The van der Waals surface area contributed by atoms with Crippen LogP contribution >= 0.6 is 0 Å². The maximum Gasteiger partial charge on any atom is 0.149 e. The summed E-state index contributed by atoms with van der Waals surface area (Å²) in [5, 5.41) is 12.0. The Morgan fingerprint density at radius 2 is 1.24 bits per heavy atom. The lowest BCUT2D eigenvalue weighted by Gasteiger charge is -2.22. The number of aromatic nitrogens is 3. The van der Waals surface area contributed by atoms with E-state index >= 15 is 0 Å². The Morgan fingerprint density at radius 3 is 1.95 bits per heavy atom. The number of hydrogen-bond acceptors (Lipinski definition) is 3. The maximum absolute atomic E-state index is 12.0. The molecule has 0 spiro atoms. The van der Waals surface area contributed by atoms with Crippen LogP contribution in [0.1, 0.15) is 80.3 Å². The Labute approximate surface area is 383 Å². The van der Waals surface area contributed by atoms with Crippen molar-refractivity contribution in [3.05, 3.63) is 192 Å². The lowest BCUT2D eigenvalue weighted by molar-refractivity contribution is 0.472. The minimum atomic E-state index is -0.601. The fourth-order valence-electron chi connectivity index (χ4n) is 8.38. The summed E-state index contributed by atoms with van der Waals surface area (Å²) in [7, 11) is 0. The molecule has 9 aromatic rings. The first kappa shape index (κ1) is 32.6. The molecule has 0 aliphatic heterocycles. The standard InChI is InChI=1S/C59H55N3O/c1-37-29-39(3)56(63)51(30-37)57-61-55-48(44-32-45(34-47(33-44)59(7,8)9)52-35-43(27-28-60-52)40-17-12-10-13-18-40)21-16-22-53(55)62(57)54-31-38(2)49(41-19-14-11-15-20-41)36-50(54)42-23-25-46(26-24-42)58(4,5)6/h10-36,63H,1-9H3/i10D,12D,13D,17D,18D,27D,28D,35D. The van der Waals surface area contributed by atoms with E-state index in [4.69, 9.17) is 14.6 Å². The predicted molar refractivity (Wildman–Crippen MR) is 265 cm³/mol. The third kappa shape index (κ3) is 7.98. The zero-order chi connectivity index (χ0) is 51.2. The van der Waals surface area contributed by atoms with Crippen LogP contribution < -0.4 is 0 Å². The molecule has 0 amide bonds. The molecule has 0 saturated carbocycles. The average molecular weight is 830 g/mol. The van der Waals surface area contributed by atoms with Gasteiger partial charge in [-0.1, -0.05) is 151 Å². The van der Waals surface area contributed by atoms with E-state index in [9.17, 15) is 6.48 Å². The van der Waals surface area contributed by atoms with Crippen LogP contribution in [0.3, 0.4) is 0 Å². The zero-order valence-electron chi connectivity index (χ0n) is 45.3. The highest BCUT2D eigenvalue weighted by molar-refractivity contribution is 5.98. The molecule has 0 fully saturated rings. The van der Waals surface area contributed by atoms with Gasteiger partial charge in [0.15, 0.2) is 0 Å². The summed E-state index contributed by atoms with van der Waals surface area (Å²) in [6, 6.07) is 35.5. The molecule has 7 aromatic carbocycles. The minimum absolute atomic E-state index is 0.0230.